The topological polar surface area (TPSA) is 27.3 Å². The van der Waals surface area contributed by atoms with E-state index in [0.717, 1.165) is 54.4 Å². The molecule has 3 fully saturated rings. The van der Waals surface area contributed by atoms with E-state index < -0.39 is 11.7 Å². The van der Waals surface area contributed by atoms with E-state index in [4.69, 9.17) is 12.2 Å². The third kappa shape index (κ3) is 5.00. The third-order valence-corrected chi connectivity index (χ3v) is 7.87. The Morgan fingerprint density at radius 3 is 2.64 bits per heavy atom. The summed E-state index contributed by atoms with van der Waals surface area (Å²) < 4.78 is 40.1. The molecule has 3 aliphatic rings. The third-order valence-electron chi connectivity index (χ3n) is 7.65. The molecule has 0 spiro atoms. The van der Waals surface area contributed by atoms with Gasteiger partial charge in [-0.25, -0.2) is 0 Å². The summed E-state index contributed by atoms with van der Waals surface area (Å²) >= 11 is 5.68. The molecule has 3 aromatic rings. The Kier molecular flexibility index (Phi) is 6.79. The van der Waals surface area contributed by atoms with Crippen molar-refractivity contribution in [3.63, 3.8) is 0 Å². The zero-order chi connectivity index (χ0) is 25.4. The van der Waals surface area contributed by atoms with E-state index in [0.29, 0.717) is 28.2 Å². The van der Waals surface area contributed by atoms with Gasteiger partial charge in [-0.05, 0) is 90.5 Å². The summed E-state index contributed by atoms with van der Waals surface area (Å²) in [6.07, 6.45) is -0.167. The summed E-state index contributed by atoms with van der Waals surface area (Å²) in [6.45, 7) is 7.69. The van der Waals surface area contributed by atoms with Crippen LogP contribution in [0.15, 0.2) is 73.3 Å². The lowest BCUT2D eigenvalue weighted by atomic mass is 9.73. The number of fused-ring (bicyclic) bond motifs is 4. The molecule has 5 atom stereocenters. The van der Waals surface area contributed by atoms with Gasteiger partial charge in [-0.3, -0.25) is 4.90 Å². The number of nitrogens with one attached hydrogen (secondary N) is 2. The van der Waals surface area contributed by atoms with Crippen molar-refractivity contribution in [2.24, 2.45) is 11.8 Å². The molecule has 3 aromatic carbocycles. The summed E-state index contributed by atoms with van der Waals surface area (Å²) in [5.74, 6) is 1.06. The molecule has 2 N–H and O–H groups in total. The van der Waals surface area contributed by atoms with Gasteiger partial charge in [-0.2, -0.15) is 13.2 Å². The lowest BCUT2D eigenvalue weighted by molar-refractivity contribution is -0.137. The Morgan fingerprint density at radius 2 is 1.92 bits per heavy atom. The zero-order valence-electron chi connectivity index (χ0n) is 20.2. The van der Waals surface area contributed by atoms with Crippen LogP contribution in [-0.4, -0.2) is 29.1 Å². The van der Waals surface area contributed by atoms with Crippen molar-refractivity contribution >= 4 is 33.8 Å². The number of aryl methyl sites for hydroxylation is 1. The van der Waals surface area contributed by atoms with Gasteiger partial charge in [0.1, 0.15) is 0 Å². The molecule has 3 saturated heterocycles. The van der Waals surface area contributed by atoms with E-state index >= 15 is 0 Å². The predicted octanol–water partition coefficient (Wildman–Crippen LogP) is 7.09. The maximum atomic E-state index is 13.4. The molecule has 5 unspecified atom stereocenters. The van der Waals surface area contributed by atoms with Crippen molar-refractivity contribution in [3.8, 4) is 0 Å². The summed E-state index contributed by atoms with van der Waals surface area (Å²) in [7, 11) is 0. The van der Waals surface area contributed by atoms with Crippen LogP contribution in [0.5, 0.6) is 0 Å². The van der Waals surface area contributed by atoms with Gasteiger partial charge in [0.05, 0.1) is 11.6 Å². The molecule has 2 bridgehead atoms. The Bertz CT molecular complexity index is 1280. The molecule has 36 heavy (non-hydrogen) atoms. The number of alkyl halides is 3. The number of benzene rings is 3. The molecule has 0 amide bonds. The number of piperidine rings is 3. The molecule has 7 heteroatoms. The average molecular weight is 510 g/mol. The van der Waals surface area contributed by atoms with Crippen molar-refractivity contribution in [1.29, 1.82) is 0 Å². The molecule has 0 saturated carbocycles. The molecule has 0 radical (unpaired) electrons. The number of hydrogen-bond donors (Lipinski definition) is 2. The average Bonchev–Trinajstić information content (AvgIpc) is 2.86. The first-order chi connectivity index (χ1) is 17.2. The minimum atomic E-state index is -4.42. The predicted molar refractivity (Wildman–Crippen MR) is 144 cm³/mol. The van der Waals surface area contributed by atoms with E-state index in [1.165, 1.54) is 0 Å². The highest BCUT2D eigenvalue weighted by molar-refractivity contribution is 7.80. The molecule has 3 aliphatic heterocycles. The van der Waals surface area contributed by atoms with E-state index in [9.17, 15) is 13.2 Å². The van der Waals surface area contributed by atoms with Gasteiger partial charge in [0.2, 0.25) is 0 Å². The van der Waals surface area contributed by atoms with Gasteiger partial charge >= 0.3 is 6.18 Å². The number of nitrogens with zero attached hydrogens (tertiary/aromatic N) is 1. The maximum absolute atomic E-state index is 13.4. The highest BCUT2D eigenvalue weighted by atomic mass is 32.1. The van der Waals surface area contributed by atoms with Gasteiger partial charge in [-0.15, -0.1) is 6.58 Å². The molecule has 188 valence electrons. The molecule has 0 aromatic heterocycles. The van der Waals surface area contributed by atoms with E-state index in [1.54, 1.807) is 13.0 Å². The quantitative estimate of drug-likeness (QED) is 0.284. The molecule has 3 heterocycles. The van der Waals surface area contributed by atoms with Crippen LogP contribution in [0.3, 0.4) is 0 Å². The molecule has 6 rings (SSSR count). The number of rotatable bonds is 5. The van der Waals surface area contributed by atoms with Gasteiger partial charge < -0.3 is 10.6 Å². The summed E-state index contributed by atoms with van der Waals surface area (Å²) in [6, 6.07) is 18.6. The second-order valence-corrected chi connectivity index (χ2v) is 10.4. The smallest absolute Gasteiger partial charge is 0.354 e. The first kappa shape index (κ1) is 24.8. The zero-order valence-corrected chi connectivity index (χ0v) is 21.0. The van der Waals surface area contributed by atoms with Gasteiger partial charge in [-0.1, -0.05) is 48.5 Å². The first-order valence-electron chi connectivity index (χ1n) is 12.3. The van der Waals surface area contributed by atoms with Gasteiger partial charge in [0, 0.05) is 18.3 Å². The monoisotopic (exact) mass is 509 g/mol. The summed E-state index contributed by atoms with van der Waals surface area (Å²) in [4.78, 5) is 2.52. The van der Waals surface area contributed by atoms with E-state index in [1.807, 2.05) is 12.1 Å². The van der Waals surface area contributed by atoms with E-state index in [-0.39, 0.29) is 12.1 Å². The van der Waals surface area contributed by atoms with Crippen molar-refractivity contribution < 1.29 is 13.2 Å². The Morgan fingerprint density at radius 1 is 1.14 bits per heavy atom. The van der Waals surface area contributed by atoms with Crippen LogP contribution >= 0.6 is 12.2 Å². The second kappa shape index (κ2) is 9.87. The molecule has 3 nitrogen and oxygen atoms in total. The highest BCUT2D eigenvalue weighted by Crippen LogP contribution is 2.42. The van der Waals surface area contributed by atoms with Crippen LogP contribution in [0.1, 0.15) is 35.6 Å². The van der Waals surface area contributed by atoms with Crippen LogP contribution < -0.4 is 10.6 Å². The molecular weight excluding hydrogens is 479 g/mol. The normalized spacial score (nSPS) is 24.3. The number of hydrogen-bond acceptors (Lipinski definition) is 2. The number of halogens is 3. The Hall–Kier alpha value is -2.90. The fourth-order valence-electron chi connectivity index (χ4n) is 5.95. The van der Waals surface area contributed by atoms with Crippen LogP contribution in [0.2, 0.25) is 0 Å². The van der Waals surface area contributed by atoms with Crippen LogP contribution in [0.25, 0.3) is 10.8 Å². The maximum Gasteiger partial charge on any atom is 0.416 e. The van der Waals surface area contributed by atoms with Crippen molar-refractivity contribution in [2.45, 2.75) is 38.0 Å². The van der Waals surface area contributed by atoms with Crippen molar-refractivity contribution in [2.75, 3.05) is 18.4 Å². The number of anilines is 1. The fraction of sp³-hybridized carbons (Fsp3) is 0.345. The van der Waals surface area contributed by atoms with Crippen molar-refractivity contribution in [1.82, 2.24) is 10.2 Å². The Balaban J connectivity index is 1.47. The minimum Gasteiger partial charge on any atom is -0.354 e. The summed E-state index contributed by atoms with van der Waals surface area (Å²) in [5, 5.41) is 9.16. The molecular formula is C29H30F3N3S. The number of thiocarbonyl (C=S) groups is 1. The highest BCUT2D eigenvalue weighted by Gasteiger charge is 2.43. The molecule has 0 aliphatic carbocycles. The lowest BCUT2D eigenvalue weighted by Crippen LogP contribution is -2.57. The van der Waals surface area contributed by atoms with Gasteiger partial charge in [0.15, 0.2) is 5.11 Å². The van der Waals surface area contributed by atoms with Crippen molar-refractivity contribution in [3.05, 3.63) is 90.0 Å². The largest absolute Gasteiger partial charge is 0.416 e. The summed E-state index contributed by atoms with van der Waals surface area (Å²) in [5.41, 5.74) is 1.30. The van der Waals surface area contributed by atoms with Gasteiger partial charge in [0.25, 0.3) is 0 Å². The standard InChI is InChI=1S/C29H30F3N3S/c1-3-19-17-35-12-11-21(19)15-26(35)27(25-10-6-8-20-7-4-5-9-24(20)25)34-28(36)33-23-14-18(2)13-22(16-23)29(30,31)32/h3-10,13-14,16,19,21,26-27H,1,11-12,15,17H2,2H3,(H2,33,34,36). The second-order valence-electron chi connectivity index (χ2n) is 9.98. The minimum absolute atomic E-state index is 0.114. The van der Waals surface area contributed by atoms with E-state index in [2.05, 4.69) is 58.5 Å². The van der Waals surface area contributed by atoms with Crippen LogP contribution in [-0.2, 0) is 6.18 Å². The fourth-order valence-corrected chi connectivity index (χ4v) is 6.20. The first-order valence-corrected chi connectivity index (χ1v) is 12.7. The lowest BCUT2D eigenvalue weighted by Gasteiger charge is -2.52. The Labute approximate surface area is 215 Å². The SMILES string of the molecule is C=CC1CN2CCC1CC2C(NC(=S)Nc1cc(C)cc(C(F)(F)F)c1)c1cccc2ccccc12. The van der Waals surface area contributed by atoms with Crippen LogP contribution in [0.4, 0.5) is 18.9 Å². The van der Waals surface area contributed by atoms with Crippen LogP contribution in [0, 0.1) is 18.8 Å².